The topological polar surface area (TPSA) is 307 Å². The van der Waals surface area contributed by atoms with Gasteiger partial charge >= 0.3 is 0 Å². The van der Waals surface area contributed by atoms with Crippen molar-refractivity contribution in [1.29, 1.82) is 0 Å². The average Bonchev–Trinajstić information content (AvgIpc) is 2.98. The van der Waals surface area contributed by atoms with Gasteiger partial charge in [0.15, 0.2) is 18.9 Å². The number of allylic oxidation sites excluding steroid dienone is 7. The number of hydrogen-bond donors (Lipinski definition) is 12. The van der Waals surface area contributed by atoms with Crippen LogP contribution in [0.3, 0.4) is 0 Å². The lowest BCUT2D eigenvalue weighted by molar-refractivity contribution is -0.379. The SMILES string of the molecule is CCCCCCC/C=C\C/C=C\C/C=C\CCCCCCCCCCCCCCC(=O)NC(COC1OC(CO)C(OC2OC(CO)C(OC3OC(CO)C(O)C(O)C3O)C(O)C2O)C(O)C1O)C(O)/C=C/CCCCCCCCCCCC. The van der Waals surface area contributed by atoms with Gasteiger partial charge in [0.05, 0.1) is 38.6 Å². The van der Waals surface area contributed by atoms with Crippen molar-refractivity contribution in [2.75, 3.05) is 26.4 Å². The largest absolute Gasteiger partial charge is 0.394 e. The first-order valence-corrected chi connectivity index (χ1v) is 32.9. The maximum Gasteiger partial charge on any atom is 0.220 e. The molecule has 84 heavy (non-hydrogen) atoms. The van der Waals surface area contributed by atoms with Gasteiger partial charge in [-0.05, 0) is 57.8 Å². The van der Waals surface area contributed by atoms with Gasteiger partial charge in [0.2, 0.25) is 5.91 Å². The summed E-state index contributed by atoms with van der Waals surface area (Å²) in [5, 5.41) is 120. The van der Waals surface area contributed by atoms with E-state index >= 15 is 0 Å². The molecule has 19 heteroatoms. The van der Waals surface area contributed by atoms with E-state index in [0.717, 1.165) is 64.2 Å². The first-order valence-electron chi connectivity index (χ1n) is 32.9. The monoisotopic (exact) mass is 1200 g/mol. The first kappa shape index (κ1) is 76.0. The van der Waals surface area contributed by atoms with E-state index in [4.69, 9.17) is 28.4 Å². The predicted octanol–water partition coefficient (Wildman–Crippen LogP) is 7.43. The fourth-order valence-electron chi connectivity index (χ4n) is 11.0. The summed E-state index contributed by atoms with van der Waals surface area (Å²) in [4.78, 5) is 13.4. The van der Waals surface area contributed by atoms with Crippen LogP contribution in [-0.2, 0) is 33.2 Å². The molecule has 3 fully saturated rings. The van der Waals surface area contributed by atoms with E-state index < -0.39 is 124 Å². The second-order valence-corrected chi connectivity index (χ2v) is 23.6. The van der Waals surface area contributed by atoms with Crippen molar-refractivity contribution in [1.82, 2.24) is 5.32 Å². The van der Waals surface area contributed by atoms with Crippen LogP contribution in [0.1, 0.15) is 226 Å². The van der Waals surface area contributed by atoms with Gasteiger partial charge in [-0.1, -0.05) is 210 Å². The van der Waals surface area contributed by atoms with Crippen LogP contribution in [0, 0.1) is 0 Å². The van der Waals surface area contributed by atoms with E-state index in [1.807, 2.05) is 6.08 Å². The van der Waals surface area contributed by atoms with Crippen LogP contribution in [0.15, 0.2) is 48.6 Å². The van der Waals surface area contributed by atoms with E-state index in [9.17, 15) is 61.0 Å². The van der Waals surface area contributed by atoms with Crippen molar-refractivity contribution in [2.45, 2.75) is 330 Å². The molecule has 0 spiro atoms. The molecule has 17 atom stereocenters. The number of nitrogens with one attached hydrogen (secondary N) is 1. The highest BCUT2D eigenvalue weighted by atomic mass is 16.8. The van der Waals surface area contributed by atoms with Gasteiger partial charge < -0.3 is 89.9 Å². The summed E-state index contributed by atoms with van der Waals surface area (Å²) in [6, 6.07) is -0.974. The summed E-state index contributed by atoms with van der Waals surface area (Å²) in [6.45, 7) is 1.70. The summed E-state index contributed by atoms with van der Waals surface area (Å²) in [7, 11) is 0. The molecule has 1 amide bonds. The molecule has 3 rings (SSSR count). The fourth-order valence-corrected chi connectivity index (χ4v) is 11.0. The van der Waals surface area contributed by atoms with Gasteiger partial charge in [-0.2, -0.15) is 0 Å². The Morgan fingerprint density at radius 1 is 0.429 bits per heavy atom. The molecule has 0 aromatic heterocycles. The van der Waals surface area contributed by atoms with Crippen LogP contribution >= 0.6 is 0 Å². The van der Waals surface area contributed by atoms with Crippen molar-refractivity contribution in [3.8, 4) is 0 Å². The van der Waals surface area contributed by atoms with Crippen LogP contribution in [0.2, 0.25) is 0 Å². The molecule has 0 radical (unpaired) electrons. The standard InChI is InChI=1S/C65H117NO18/c1-3-5-7-9-11-13-15-17-18-19-20-21-22-23-24-25-26-27-28-29-30-31-33-35-37-39-41-43-53(71)66-48(49(70)42-40-38-36-34-32-16-14-12-10-8-6-4-2)47-79-63-59(77)56(74)61(51(45-68)81-63)84-65-60(78)57(75)62(52(46-69)82-65)83-64-58(76)55(73)54(72)50(44-67)80-64/h15,17,19-20,22-23,40,42,48-52,54-65,67-70,72-78H,3-14,16,18,21,24-39,41,43-47H2,1-2H3,(H,66,71)/b17-15-,20-19-,23-22-,42-40+. The Balaban J connectivity index is 1.42. The molecule has 0 bridgehead atoms. The van der Waals surface area contributed by atoms with Crippen molar-refractivity contribution < 1.29 is 89.4 Å². The number of aliphatic hydroxyl groups excluding tert-OH is 11. The molecule has 3 aliphatic rings. The fraction of sp³-hybridized carbons (Fsp3) is 0.862. The third-order valence-electron chi connectivity index (χ3n) is 16.4. The Bertz CT molecular complexity index is 1720. The van der Waals surface area contributed by atoms with Crippen LogP contribution in [0.25, 0.3) is 0 Å². The van der Waals surface area contributed by atoms with E-state index in [-0.39, 0.29) is 18.9 Å². The summed E-state index contributed by atoms with van der Waals surface area (Å²) >= 11 is 0. The van der Waals surface area contributed by atoms with E-state index in [2.05, 4.69) is 55.6 Å². The summed E-state index contributed by atoms with van der Waals surface area (Å²) < 4.78 is 34.3. The number of amides is 1. The maximum atomic E-state index is 13.4. The van der Waals surface area contributed by atoms with Gasteiger partial charge in [-0.3, -0.25) is 4.79 Å². The van der Waals surface area contributed by atoms with Crippen LogP contribution in [0.5, 0.6) is 0 Å². The molecular formula is C65H117NO18. The number of aliphatic hydroxyl groups is 11. The minimum atomic E-state index is -1.98. The third kappa shape index (κ3) is 30.3. The maximum absolute atomic E-state index is 13.4. The van der Waals surface area contributed by atoms with Gasteiger partial charge in [-0.25, -0.2) is 0 Å². The molecule has 3 saturated heterocycles. The molecule has 0 aromatic rings. The predicted molar refractivity (Wildman–Crippen MR) is 323 cm³/mol. The highest BCUT2D eigenvalue weighted by Crippen LogP contribution is 2.33. The van der Waals surface area contributed by atoms with Crippen LogP contribution in [0.4, 0.5) is 0 Å². The minimum absolute atomic E-state index is 0.240. The Morgan fingerprint density at radius 2 is 0.786 bits per heavy atom. The van der Waals surface area contributed by atoms with E-state index in [0.29, 0.717) is 6.42 Å². The second kappa shape index (κ2) is 47.7. The Kier molecular flexibility index (Phi) is 43.2. The molecule has 17 unspecified atom stereocenters. The van der Waals surface area contributed by atoms with E-state index in [1.54, 1.807) is 6.08 Å². The minimum Gasteiger partial charge on any atom is -0.394 e. The van der Waals surface area contributed by atoms with Crippen molar-refractivity contribution in [3.05, 3.63) is 48.6 Å². The van der Waals surface area contributed by atoms with Gasteiger partial charge in [0, 0.05) is 6.42 Å². The molecular weight excluding hydrogens is 1080 g/mol. The van der Waals surface area contributed by atoms with E-state index in [1.165, 1.54) is 135 Å². The zero-order valence-corrected chi connectivity index (χ0v) is 51.4. The number of ether oxygens (including phenoxy) is 6. The second-order valence-electron chi connectivity index (χ2n) is 23.6. The number of unbranched alkanes of at least 4 members (excludes halogenated alkanes) is 27. The summed E-state index contributed by atoms with van der Waals surface area (Å²) in [6.07, 6.45) is 28.1. The van der Waals surface area contributed by atoms with Gasteiger partial charge in [-0.15, -0.1) is 0 Å². The molecule has 12 N–H and O–H groups in total. The molecule has 3 heterocycles. The normalized spacial score (nSPS) is 29.5. The van der Waals surface area contributed by atoms with Crippen molar-refractivity contribution in [2.24, 2.45) is 0 Å². The quantitative estimate of drug-likeness (QED) is 0.0208. The smallest absolute Gasteiger partial charge is 0.220 e. The number of carbonyl (C=O) groups is 1. The van der Waals surface area contributed by atoms with Crippen LogP contribution < -0.4 is 5.32 Å². The lowest BCUT2D eigenvalue weighted by atomic mass is 9.96. The molecule has 490 valence electrons. The zero-order chi connectivity index (χ0) is 61.2. The Labute approximate surface area is 503 Å². The van der Waals surface area contributed by atoms with Gasteiger partial charge in [0.25, 0.3) is 0 Å². The lowest BCUT2D eigenvalue weighted by Crippen LogP contribution is -2.66. The lowest BCUT2D eigenvalue weighted by Gasteiger charge is -2.48. The van der Waals surface area contributed by atoms with Crippen LogP contribution in [-0.4, -0.2) is 193 Å². The summed E-state index contributed by atoms with van der Waals surface area (Å²) in [5.41, 5.74) is 0. The number of rotatable bonds is 49. The summed E-state index contributed by atoms with van der Waals surface area (Å²) in [5.74, 6) is -0.279. The Hall–Kier alpha value is -2.25. The van der Waals surface area contributed by atoms with Gasteiger partial charge in [0.1, 0.15) is 73.2 Å². The first-order chi connectivity index (χ1) is 40.8. The zero-order valence-electron chi connectivity index (χ0n) is 51.4. The number of carbonyl (C=O) groups excluding carboxylic acids is 1. The van der Waals surface area contributed by atoms with Crippen molar-refractivity contribution in [3.63, 3.8) is 0 Å². The molecule has 0 aromatic carbocycles. The highest BCUT2D eigenvalue weighted by molar-refractivity contribution is 5.76. The average molecular weight is 1200 g/mol. The third-order valence-corrected chi connectivity index (χ3v) is 16.4. The number of hydrogen-bond acceptors (Lipinski definition) is 18. The Morgan fingerprint density at radius 3 is 1.23 bits per heavy atom. The van der Waals surface area contributed by atoms with Crippen molar-refractivity contribution >= 4 is 5.91 Å². The highest BCUT2D eigenvalue weighted by Gasteiger charge is 2.53. The molecule has 0 saturated carbocycles. The molecule has 3 aliphatic heterocycles. The molecule has 0 aliphatic carbocycles. The molecule has 19 nitrogen and oxygen atoms in total.